The molecule has 0 spiro atoms. The lowest BCUT2D eigenvalue weighted by atomic mass is 10.3. The highest BCUT2D eigenvalue weighted by molar-refractivity contribution is 9.10. The SMILES string of the molecule is O=S(=O)(CCSc1nncn1-c1ccccc1)c1ccc(Br)cc1. The highest BCUT2D eigenvalue weighted by Gasteiger charge is 2.15. The first-order valence-corrected chi connectivity index (χ1v) is 10.6. The molecule has 0 N–H and O–H groups in total. The Hall–Kier alpha value is -1.64. The van der Waals surface area contributed by atoms with Crippen LogP contribution in [0, 0.1) is 0 Å². The molecule has 2 aromatic carbocycles. The third-order valence-corrected chi connectivity index (χ3v) is 6.77. The van der Waals surface area contributed by atoms with Gasteiger partial charge in [0.05, 0.1) is 10.6 Å². The molecule has 8 heteroatoms. The second-order valence-corrected chi connectivity index (χ2v) is 9.03. The van der Waals surface area contributed by atoms with Crippen LogP contribution >= 0.6 is 27.7 Å². The molecule has 3 aromatic rings. The molecule has 124 valence electrons. The minimum atomic E-state index is -3.31. The molecule has 0 fully saturated rings. The van der Waals surface area contributed by atoms with E-state index in [1.54, 1.807) is 30.6 Å². The number of halogens is 1. The summed E-state index contributed by atoms with van der Waals surface area (Å²) >= 11 is 4.68. The van der Waals surface area contributed by atoms with Gasteiger partial charge < -0.3 is 0 Å². The molecule has 0 saturated heterocycles. The predicted molar refractivity (Wildman–Crippen MR) is 98.3 cm³/mol. The maximum absolute atomic E-state index is 12.4. The number of para-hydroxylation sites is 1. The van der Waals surface area contributed by atoms with Crippen LogP contribution in [-0.4, -0.2) is 34.7 Å². The number of nitrogens with zero attached hydrogens (tertiary/aromatic N) is 3. The van der Waals surface area contributed by atoms with Crippen molar-refractivity contribution in [3.63, 3.8) is 0 Å². The van der Waals surface area contributed by atoms with Gasteiger partial charge in [0.2, 0.25) is 0 Å². The van der Waals surface area contributed by atoms with E-state index in [0.717, 1.165) is 10.2 Å². The van der Waals surface area contributed by atoms with Crippen molar-refractivity contribution in [1.82, 2.24) is 14.8 Å². The molecule has 0 amide bonds. The summed E-state index contributed by atoms with van der Waals surface area (Å²) in [4.78, 5) is 0.329. The second kappa shape index (κ2) is 7.50. The number of aromatic nitrogens is 3. The molecular formula is C16H14BrN3O2S2. The molecule has 0 aliphatic rings. The molecule has 0 aliphatic carbocycles. The number of rotatable bonds is 6. The van der Waals surface area contributed by atoms with Crippen molar-refractivity contribution in [2.24, 2.45) is 0 Å². The van der Waals surface area contributed by atoms with Gasteiger partial charge in [-0.05, 0) is 36.4 Å². The summed E-state index contributed by atoms with van der Waals surface area (Å²) in [5.74, 6) is 0.449. The van der Waals surface area contributed by atoms with Crippen molar-refractivity contribution in [1.29, 1.82) is 0 Å². The topological polar surface area (TPSA) is 64.8 Å². The van der Waals surface area contributed by atoms with E-state index in [-0.39, 0.29) is 5.75 Å². The third kappa shape index (κ3) is 4.06. The Balaban J connectivity index is 1.67. The van der Waals surface area contributed by atoms with Gasteiger partial charge in [-0.15, -0.1) is 10.2 Å². The van der Waals surface area contributed by atoms with Gasteiger partial charge in [-0.1, -0.05) is 45.9 Å². The van der Waals surface area contributed by atoms with Gasteiger partial charge in [-0.25, -0.2) is 8.42 Å². The smallest absolute Gasteiger partial charge is 0.195 e. The summed E-state index contributed by atoms with van der Waals surface area (Å²) in [6.07, 6.45) is 1.63. The van der Waals surface area contributed by atoms with E-state index in [4.69, 9.17) is 0 Å². The van der Waals surface area contributed by atoms with Gasteiger partial charge in [0.25, 0.3) is 0 Å². The van der Waals surface area contributed by atoms with Crippen LogP contribution < -0.4 is 0 Å². The average molecular weight is 424 g/mol. The fraction of sp³-hybridized carbons (Fsp3) is 0.125. The second-order valence-electron chi connectivity index (χ2n) is 4.94. The van der Waals surface area contributed by atoms with E-state index >= 15 is 0 Å². The molecule has 24 heavy (non-hydrogen) atoms. The molecular weight excluding hydrogens is 410 g/mol. The van der Waals surface area contributed by atoms with Gasteiger partial charge in [0.15, 0.2) is 15.0 Å². The van der Waals surface area contributed by atoms with Crippen molar-refractivity contribution >= 4 is 37.5 Å². The molecule has 5 nitrogen and oxygen atoms in total. The standard InChI is InChI=1S/C16H14BrN3O2S2/c17-13-6-8-15(9-7-13)24(21,22)11-10-23-16-19-18-12-20(16)14-4-2-1-3-5-14/h1-9,12H,10-11H2. The molecule has 0 radical (unpaired) electrons. The number of hydrogen-bond donors (Lipinski definition) is 0. The minimum Gasteiger partial charge on any atom is -0.277 e. The van der Waals surface area contributed by atoms with Crippen LogP contribution in [0.25, 0.3) is 5.69 Å². The van der Waals surface area contributed by atoms with Crippen molar-refractivity contribution < 1.29 is 8.42 Å². The van der Waals surface area contributed by atoms with Crippen LogP contribution in [0.2, 0.25) is 0 Å². The number of sulfone groups is 1. The maximum atomic E-state index is 12.4. The van der Waals surface area contributed by atoms with Gasteiger partial charge >= 0.3 is 0 Å². The lowest BCUT2D eigenvalue weighted by Crippen LogP contribution is -2.09. The minimum absolute atomic E-state index is 0.0426. The lowest BCUT2D eigenvalue weighted by Gasteiger charge is -2.07. The molecule has 0 bridgehead atoms. The molecule has 1 aromatic heterocycles. The summed E-state index contributed by atoms with van der Waals surface area (Å²) in [5.41, 5.74) is 0.945. The Morgan fingerprint density at radius 3 is 2.46 bits per heavy atom. The Labute approximate surface area is 153 Å². The quantitative estimate of drug-likeness (QED) is 0.566. The zero-order valence-corrected chi connectivity index (χ0v) is 15.8. The van der Waals surface area contributed by atoms with E-state index in [2.05, 4.69) is 26.1 Å². The summed E-state index contributed by atoms with van der Waals surface area (Å²) in [7, 11) is -3.31. The van der Waals surface area contributed by atoms with Crippen LogP contribution in [-0.2, 0) is 9.84 Å². The van der Waals surface area contributed by atoms with Crippen molar-refractivity contribution in [3.05, 3.63) is 65.4 Å². The Bertz CT molecular complexity index is 910. The first-order chi connectivity index (χ1) is 11.6. The lowest BCUT2D eigenvalue weighted by molar-refractivity contribution is 0.597. The van der Waals surface area contributed by atoms with Gasteiger partial charge in [-0.2, -0.15) is 0 Å². The number of hydrogen-bond acceptors (Lipinski definition) is 5. The van der Waals surface area contributed by atoms with Gasteiger partial charge in [0, 0.05) is 15.9 Å². The Morgan fingerprint density at radius 2 is 1.75 bits per heavy atom. The zero-order valence-electron chi connectivity index (χ0n) is 12.5. The van der Waals surface area contributed by atoms with Crippen molar-refractivity contribution in [2.75, 3.05) is 11.5 Å². The van der Waals surface area contributed by atoms with Crippen LogP contribution in [0.4, 0.5) is 0 Å². The van der Waals surface area contributed by atoms with E-state index < -0.39 is 9.84 Å². The first kappa shape index (κ1) is 17.2. The van der Waals surface area contributed by atoms with Crippen molar-refractivity contribution in [2.45, 2.75) is 10.1 Å². The van der Waals surface area contributed by atoms with E-state index in [1.165, 1.54) is 11.8 Å². The van der Waals surface area contributed by atoms with Crippen LogP contribution in [0.5, 0.6) is 0 Å². The predicted octanol–water partition coefficient (Wildman–Crippen LogP) is 3.60. The number of thioether (sulfide) groups is 1. The normalized spacial score (nSPS) is 11.5. The van der Waals surface area contributed by atoms with E-state index in [9.17, 15) is 8.42 Å². The van der Waals surface area contributed by atoms with Crippen LogP contribution in [0.1, 0.15) is 0 Å². The fourth-order valence-electron chi connectivity index (χ4n) is 2.09. The highest BCUT2D eigenvalue weighted by Crippen LogP contribution is 2.21. The molecule has 0 saturated carbocycles. The van der Waals surface area contributed by atoms with Crippen LogP contribution in [0.15, 0.2) is 75.4 Å². The first-order valence-electron chi connectivity index (χ1n) is 7.13. The largest absolute Gasteiger partial charge is 0.277 e. The van der Waals surface area contributed by atoms with E-state index in [1.807, 2.05) is 34.9 Å². The number of benzene rings is 2. The van der Waals surface area contributed by atoms with Crippen molar-refractivity contribution in [3.8, 4) is 5.69 Å². The summed E-state index contributed by atoms with van der Waals surface area (Å²) in [6, 6.07) is 16.4. The molecule has 0 atom stereocenters. The summed E-state index contributed by atoms with van der Waals surface area (Å²) < 4.78 is 27.4. The monoisotopic (exact) mass is 423 g/mol. The summed E-state index contributed by atoms with van der Waals surface area (Å²) in [5, 5.41) is 8.66. The zero-order chi connectivity index (χ0) is 17.0. The molecule has 0 unspecified atom stereocenters. The molecule has 1 heterocycles. The average Bonchev–Trinajstić information content (AvgIpc) is 3.04. The molecule has 3 rings (SSSR count). The Kier molecular flexibility index (Phi) is 5.37. The van der Waals surface area contributed by atoms with Crippen LogP contribution in [0.3, 0.4) is 0 Å². The van der Waals surface area contributed by atoms with E-state index in [0.29, 0.717) is 15.8 Å². The maximum Gasteiger partial charge on any atom is 0.195 e. The van der Waals surface area contributed by atoms with Gasteiger partial charge in [0.1, 0.15) is 6.33 Å². The molecule has 0 aliphatic heterocycles. The summed E-state index contributed by atoms with van der Waals surface area (Å²) in [6.45, 7) is 0. The van der Waals surface area contributed by atoms with Gasteiger partial charge in [-0.3, -0.25) is 4.57 Å². The Morgan fingerprint density at radius 1 is 1.04 bits per heavy atom. The fourth-order valence-corrected chi connectivity index (χ4v) is 4.93. The third-order valence-electron chi connectivity index (χ3n) is 3.31. The highest BCUT2D eigenvalue weighted by atomic mass is 79.9.